The molecule has 0 saturated heterocycles. The van der Waals surface area contributed by atoms with Gasteiger partial charge in [0.25, 0.3) is 0 Å². The molecule has 3 heteroatoms. The molecule has 0 spiro atoms. The zero-order valence-corrected chi connectivity index (χ0v) is 11.4. The highest BCUT2D eigenvalue weighted by Gasteiger charge is 2.12. The smallest absolute Gasteiger partial charge is 0.0488 e. The van der Waals surface area contributed by atoms with Gasteiger partial charge in [-0.2, -0.15) is 0 Å². The molecule has 3 nitrogen and oxygen atoms in total. The Balaban J connectivity index is 2.16. The maximum absolute atomic E-state index is 5.71. The molecule has 0 radical (unpaired) electrons. The van der Waals surface area contributed by atoms with E-state index in [0.717, 1.165) is 26.1 Å². The lowest BCUT2D eigenvalue weighted by Crippen LogP contribution is -2.29. The lowest BCUT2D eigenvalue weighted by atomic mass is 9.97. The Morgan fingerprint density at radius 1 is 1.11 bits per heavy atom. The van der Waals surface area contributed by atoms with E-state index in [1.165, 1.54) is 16.3 Å². The molecule has 2 rings (SSSR count). The van der Waals surface area contributed by atoms with E-state index < -0.39 is 0 Å². The van der Waals surface area contributed by atoms with E-state index in [-0.39, 0.29) is 6.04 Å². The largest absolute Gasteiger partial charge is 0.381 e. The molecule has 0 amide bonds. The molecule has 0 aromatic heterocycles. The van der Waals surface area contributed by atoms with Crippen LogP contribution in [0.4, 0.5) is 0 Å². The van der Waals surface area contributed by atoms with Crippen LogP contribution in [-0.2, 0) is 4.74 Å². The van der Waals surface area contributed by atoms with E-state index in [9.17, 15) is 0 Å². The molecule has 0 fully saturated rings. The lowest BCUT2D eigenvalue weighted by molar-refractivity contribution is 0.124. The van der Waals surface area contributed by atoms with Crippen molar-refractivity contribution in [3.05, 3.63) is 48.0 Å². The number of hydrazine groups is 1. The van der Waals surface area contributed by atoms with Gasteiger partial charge < -0.3 is 4.74 Å². The molecule has 0 aliphatic heterocycles. The van der Waals surface area contributed by atoms with Gasteiger partial charge in [-0.05, 0) is 29.2 Å². The van der Waals surface area contributed by atoms with Gasteiger partial charge in [-0.3, -0.25) is 11.3 Å². The molecule has 0 saturated carbocycles. The minimum atomic E-state index is 0.128. The summed E-state index contributed by atoms with van der Waals surface area (Å²) in [5, 5.41) is 2.50. The van der Waals surface area contributed by atoms with Gasteiger partial charge >= 0.3 is 0 Å². The number of nitrogens with one attached hydrogen (secondary N) is 1. The van der Waals surface area contributed by atoms with Gasteiger partial charge in [0.2, 0.25) is 0 Å². The maximum Gasteiger partial charge on any atom is 0.0488 e. The zero-order chi connectivity index (χ0) is 13.5. The van der Waals surface area contributed by atoms with Crippen LogP contribution in [0.2, 0.25) is 0 Å². The third-order valence-electron chi connectivity index (χ3n) is 3.30. The summed E-state index contributed by atoms with van der Waals surface area (Å²) in [6.07, 6.45) is 1.93. The molecular weight excluding hydrogens is 236 g/mol. The second kappa shape index (κ2) is 7.24. The third-order valence-corrected chi connectivity index (χ3v) is 3.30. The van der Waals surface area contributed by atoms with Gasteiger partial charge in [0.1, 0.15) is 0 Å². The molecule has 0 aliphatic rings. The van der Waals surface area contributed by atoms with Crippen molar-refractivity contribution in [1.29, 1.82) is 0 Å². The minimum Gasteiger partial charge on any atom is -0.381 e. The number of hydrogen-bond donors (Lipinski definition) is 2. The molecule has 1 atom stereocenters. The van der Waals surface area contributed by atoms with Crippen molar-refractivity contribution >= 4 is 10.8 Å². The van der Waals surface area contributed by atoms with Crippen molar-refractivity contribution in [3.8, 4) is 0 Å². The van der Waals surface area contributed by atoms with E-state index in [4.69, 9.17) is 10.6 Å². The molecule has 2 aromatic rings. The number of hydrogen-bond acceptors (Lipinski definition) is 3. The first-order chi connectivity index (χ1) is 9.36. The van der Waals surface area contributed by atoms with E-state index >= 15 is 0 Å². The third kappa shape index (κ3) is 3.53. The fraction of sp³-hybridized carbons (Fsp3) is 0.375. The summed E-state index contributed by atoms with van der Waals surface area (Å²) in [6, 6.07) is 14.8. The van der Waals surface area contributed by atoms with E-state index in [1.54, 1.807) is 0 Å². The van der Waals surface area contributed by atoms with E-state index in [2.05, 4.69) is 54.8 Å². The summed E-state index contributed by atoms with van der Waals surface area (Å²) in [7, 11) is 0. The van der Waals surface area contributed by atoms with Crippen LogP contribution < -0.4 is 11.3 Å². The van der Waals surface area contributed by atoms with Gasteiger partial charge in [-0.1, -0.05) is 49.4 Å². The minimum absolute atomic E-state index is 0.128. The normalized spacial score (nSPS) is 12.7. The average Bonchev–Trinajstić information content (AvgIpc) is 2.47. The highest BCUT2D eigenvalue weighted by Crippen LogP contribution is 2.25. The number of ether oxygens (including phenoxy) is 1. The predicted molar refractivity (Wildman–Crippen MR) is 79.7 cm³/mol. The maximum atomic E-state index is 5.71. The van der Waals surface area contributed by atoms with Crippen molar-refractivity contribution in [2.24, 2.45) is 5.84 Å². The van der Waals surface area contributed by atoms with Gasteiger partial charge in [-0.15, -0.1) is 0 Å². The molecule has 0 heterocycles. The van der Waals surface area contributed by atoms with Gasteiger partial charge in [0, 0.05) is 19.3 Å². The Kier molecular flexibility index (Phi) is 5.33. The second-order valence-corrected chi connectivity index (χ2v) is 4.69. The molecule has 19 heavy (non-hydrogen) atoms. The summed E-state index contributed by atoms with van der Waals surface area (Å²) in [5.41, 5.74) is 4.14. The lowest BCUT2D eigenvalue weighted by Gasteiger charge is -2.18. The van der Waals surface area contributed by atoms with Crippen molar-refractivity contribution in [2.75, 3.05) is 13.2 Å². The second-order valence-electron chi connectivity index (χ2n) is 4.69. The topological polar surface area (TPSA) is 47.3 Å². The molecule has 0 bridgehead atoms. The number of nitrogens with two attached hydrogens (primary N) is 1. The van der Waals surface area contributed by atoms with Crippen LogP contribution in [0.5, 0.6) is 0 Å². The Bertz CT molecular complexity index is 508. The summed E-state index contributed by atoms with van der Waals surface area (Å²) in [5.74, 6) is 5.71. The van der Waals surface area contributed by atoms with Crippen LogP contribution in [0.1, 0.15) is 31.4 Å². The van der Waals surface area contributed by atoms with Crippen LogP contribution in [0.15, 0.2) is 42.5 Å². The number of rotatable bonds is 7. The Morgan fingerprint density at radius 2 is 1.89 bits per heavy atom. The van der Waals surface area contributed by atoms with Gasteiger partial charge in [-0.25, -0.2) is 0 Å². The van der Waals surface area contributed by atoms with Crippen molar-refractivity contribution < 1.29 is 4.74 Å². The van der Waals surface area contributed by atoms with Crippen LogP contribution in [-0.4, -0.2) is 13.2 Å². The van der Waals surface area contributed by atoms with Crippen LogP contribution in [0.3, 0.4) is 0 Å². The Labute approximate surface area is 114 Å². The van der Waals surface area contributed by atoms with Gasteiger partial charge in [0.15, 0.2) is 0 Å². The molecule has 102 valence electrons. The highest BCUT2D eigenvalue weighted by molar-refractivity contribution is 5.86. The summed E-state index contributed by atoms with van der Waals surface area (Å²) < 4.78 is 5.55. The summed E-state index contributed by atoms with van der Waals surface area (Å²) >= 11 is 0. The first-order valence-corrected chi connectivity index (χ1v) is 6.88. The predicted octanol–water partition coefficient (Wildman–Crippen LogP) is 3.16. The fourth-order valence-corrected chi connectivity index (χ4v) is 2.33. The van der Waals surface area contributed by atoms with Crippen molar-refractivity contribution in [2.45, 2.75) is 25.8 Å². The standard InChI is InChI=1S/C16H22N2O/c1-2-11-19-12-10-16(18-17)15-9-5-7-13-6-3-4-8-14(13)15/h3-9,16,18H,2,10-12,17H2,1H3. The van der Waals surface area contributed by atoms with E-state index in [1.807, 2.05) is 0 Å². The van der Waals surface area contributed by atoms with Crippen molar-refractivity contribution in [1.82, 2.24) is 5.43 Å². The molecule has 1 unspecified atom stereocenters. The number of fused-ring (bicyclic) bond motifs is 1. The highest BCUT2D eigenvalue weighted by atomic mass is 16.5. The SMILES string of the molecule is CCCOCCC(NN)c1cccc2ccccc12. The van der Waals surface area contributed by atoms with Gasteiger partial charge in [0.05, 0.1) is 0 Å². The zero-order valence-electron chi connectivity index (χ0n) is 11.4. The molecule has 0 aliphatic carbocycles. The van der Waals surface area contributed by atoms with Crippen LogP contribution in [0, 0.1) is 0 Å². The van der Waals surface area contributed by atoms with Crippen molar-refractivity contribution in [3.63, 3.8) is 0 Å². The van der Waals surface area contributed by atoms with Crippen LogP contribution >= 0.6 is 0 Å². The Hall–Kier alpha value is -1.42. The first kappa shape index (κ1) is 14.0. The molecule has 3 N–H and O–H groups in total. The Morgan fingerprint density at radius 3 is 2.68 bits per heavy atom. The van der Waals surface area contributed by atoms with E-state index in [0.29, 0.717) is 0 Å². The fourth-order valence-electron chi connectivity index (χ4n) is 2.33. The average molecular weight is 258 g/mol. The summed E-state index contributed by atoms with van der Waals surface area (Å²) in [6.45, 7) is 3.65. The molecular formula is C16H22N2O. The monoisotopic (exact) mass is 258 g/mol. The summed E-state index contributed by atoms with van der Waals surface area (Å²) in [4.78, 5) is 0. The van der Waals surface area contributed by atoms with Crippen LogP contribution in [0.25, 0.3) is 10.8 Å². The quantitative estimate of drug-likeness (QED) is 0.455. The first-order valence-electron chi connectivity index (χ1n) is 6.88. The molecule has 2 aromatic carbocycles. The number of benzene rings is 2.